The summed E-state index contributed by atoms with van der Waals surface area (Å²) >= 11 is 0. The van der Waals surface area contributed by atoms with Gasteiger partial charge in [-0.15, -0.1) is 0 Å². The average Bonchev–Trinajstić information content (AvgIpc) is 2.98. The molecule has 2 aromatic rings. The fraction of sp³-hybridized carbons (Fsp3) is 0.429. The van der Waals surface area contributed by atoms with E-state index < -0.39 is 0 Å². The van der Waals surface area contributed by atoms with Crippen LogP contribution < -0.4 is 11.1 Å². The molecule has 1 aromatic heterocycles. The number of amides is 1. The maximum Gasteiger partial charge on any atom is 0.225 e. The summed E-state index contributed by atoms with van der Waals surface area (Å²) in [5.41, 5.74) is 6.65. The monoisotopic (exact) mass is 276 g/mol. The first-order valence-electron chi connectivity index (χ1n) is 6.82. The Morgan fingerprint density at radius 3 is 3.10 bits per heavy atom. The fourth-order valence-electron chi connectivity index (χ4n) is 2.82. The molecule has 0 radical (unpaired) electrons. The molecule has 2 atom stereocenters. The first-order valence-corrected chi connectivity index (χ1v) is 6.82. The Kier molecular flexibility index (Phi) is 3.40. The lowest BCUT2D eigenvalue weighted by Crippen LogP contribution is -2.28. The third-order valence-corrected chi connectivity index (χ3v) is 3.95. The van der Waals surface area contributed by atoms with Crippen molar-refractivity contribution in [2.24, 2.45) is 11.7 Å². The van der Waals surface area contributed by atoms with Crippen molar-refractivity contribution in [3.63, 3.8) is 0 Å². The molecule has 6 heteroatoms. The van der Waals surface area contributed by atoms with Crippen molar-refractivity contribution in [3.05, 3.63) is 24.0 Å². The second-order valence-corrected chi connectivity index (χ2v) is 5.37. The predicted octanol–water partition coefficient (Wildman–Crippen LogP) is 2.16. The van der Waals surface area contributed by atoms with Gasteiger partial charge in [-0.1, -0.05) is 6.42 Å². The van der Waals surface area contributed by atoms with Gasteiger partial charge in [0.25, 0.3) is 0 Å². The Bertz CT molecular complexity index is 639. The third-order valence-electron chi connectivity index (χ3n) is 3.95. The Labute approximate surface area is 115 Å². The standard InChI is InChI=1S/C14H17FN4O/c15-9-4-5-12-10(7-9)14(19-18-12)17-13(20)6-8-2-1-3-11(8)16/h4-5,7-8,11H,1-3,6,16H2,(H2,17,18,19,20)/t8-,11+/m0/s1. The number of H-pyrrole nitrogens is 1. The molecule has 4 N–H and O–H groups in total. The molecule has 0 unspecified atom stereocenters. The van der Waals surface area contributed by atoms with Crippen LogP contribution in [-0.2, 0) is 4.79 Å². The molecule has 1 aromatic carbocycles. The normalized spacial score (nSPS) is 22.3. The number of carbonyl (C=O) groups is 1. The molecule has 1 fully saturated rings. The van der Waals surface area contributed by atoms with Gasteiger partial charge in [0.1, 0.15) is 5.82 Å². The van der Waals surface area contributed by atoms with Crippen LogP contribution in [0.15, 0.2) is 18.2 Å². The van der Waals surface area contributed by atoms with Crippen LogP contribution in [0.3, 0.4) is 0 Å². The highest BCUT2D eigenvalue weighted by atomic mass is 19.1. The number of benzene rings is 1. The summed E-state index contributed by atoms with van der Waals surface area (Å²) in [6.07, 6.45) is 3.44. The van der Waals surface area contributed by atoms with Gasteiger partial charge < -0.3 is 11.1 Å². The summed E-state index contributed by atoms with van der Waals surface area (Å²) in [6.45, 7) is 0. The molecule has 1 aliphatic rings. The van der Waals surface area contributed by atoms with Crippen molar-refractivity contribution in [2.45, 2.75) is 31.7 Å². The summed E-state index contributed by atoms with van der Waals surface area (Å²) in [5.74, 6) is 0.130. The zero-order valence-corrected chi connectivity index (χ0v) is 11.0. The molecule has 0 bridgehead atoms. The number of hydrogen-bond acceptors (Lipinski definition) is 3. The molecule has 1 amide bonds. The average molecular weight is 276 g/mol. The van der Waals surface area contributed by atoms with E-state index >= 15 is 0 Å². The first-order chi connectivity index (χ1) is 9.63. The number of aromatic amines is 1. The maximum absolute atomic E-state index is 13.2. The molecule has 0 aliphatic heterocycles. The van der Waals surface area contributed by atoms with Crippen molar-refractivity contribution in [1.82, 2.24) is 10.2 Å². The minimum absolute atomic E-state index is 0.106. The van der Waals surface area contributed by atoms with E-state index in [4.69, 9.17) is 5.73 Å². The van der Waals surface area contributed by atoms with E-state index in [2.05, 4.69) is 15.5 Å². The van der Waals surface area contributed by atoms with Crippen molar-refractivity contribution < 1.29 is 9.18 Å². The number of anilines is 1. The lowest BCUT2D eigenvalue weighted by atomic mass is 10.00. The van der Waals surface area contributed by atoms with Crippen LogP contribution in [0.2, 0.25) is 0 Å². The molecule has 3 rings (SSSR count). The van der Waals surface area contributed by atoms with Gasteiger partial charge in [-0.25, -0.2) is 4.39 Å². The number of nitrogens with zero attached hydrogens (tertiary/aromatic N) is 1. The van der Waals surface area contributed by atoms with Crippen molar-refractivity contribution in [1.29, 1.82) is 0 Å². The second-order valence-electron chi connectivity index (χ2n) is 5.37. The highest BCUT2D eigenvalue weighted by Crippen LogP contribution is 2.27. The van der Waals surface area contributed by atoms with Gasteiger partial charge in [-0.3, -0.25) is 9.89 Å². The molecule has 5 nitrogen and oxygen atoms in total. The number of nitrogens with two attached hydrogens (primary N) is 1. The summed E-state index contributed by atoms with van der Waals surface area (Å²) in [7, 11) is 0. The SMILES string of the molecule is N[C@@H]1CCC[C@H]1CC(=O)Nc1n[nH]c2ccc(F)cc12. The molecule has 0 spiro atoms. The van der Waals surface area contributed by atoms with E-state index in [9.17, 15) is 9.18 Å². The zero-order valence-electron chi connectivity index (χ0n) is 11.0. The minimum atomic E-state index is -0.354. The molecule has 1 saturated carbocycles. The van der Waals surface area contributed by atoms with Crippen LogP contribution in [0, 0.1) is 11.7 Å². The summed E-state index contributed by atoms with van der Waals surface area (Å²) in [4.78, 5) is 12.0. The van der Waals surface area contributed by atoms with Crippen LogP contribution >= 0.6 is 0 Å². The topological polar surface area (TPSA) is 83.8 Å². The Morgan fingerprint density at radius 1 is 1.50 bits per heavy atom. The van der Waals surface area contributed by atoms with Crippen LogP contribution in [0.5, 0.6) is 0 Å². The van der Waals surface area contributed by atoms with Crippen LogP contribution in [-0.4, -0.2) is 22.1 Å². The van der Waals surface area contributed by atoms with Gasteiger partial charge in [-0.05, 0) is 37.0 Å². The van der Waals surface area contributed by atoms with Crippen molar-refractivity contribution in [2.75, 3.05) is 5.32 Å². The zero-order chi connectivity index (χ0) is 14.1. The number of nitrogens with one attached hydrogen (secondary N) is 2. The van der Waals surface area contributed by atoms with Gasteiger partial charge in [0.2, 0.25) is 5.91 Å². The van der Waals surface area contributed by atoms with E-state index in [1.54, 1.807) is 6.07 Å². The molecule has 1 heterocycles. The molecule has 106 valence electrons. The van der Waals surface area contributed by atoms with E-state index in [1.807, 2.05) is 0 Å². The van der Waals surface area contributed by atoms with E-state index in [0.717, 1.165) is 19.3 Å². The number of hydrogen-bond donors (Lipinski definition) is 3. The quantitative estimate of drug-likeness (QED) is 0.803. The number of halogens is 1. The van der Waals surface area contributed by atoms with E-state index in [-0.39, 0.29) is 23.7 Å². The summed E-state index contributed by atoms with van der Waals surface area (Å²) in [5, 5.41) is 10.1. The van der Waals surface area contributed by atoms with E-state index in [1.165, 1.54) is 12.1 Å². The first kappa shape index (κ1) is 13.1. The van der Waals surface area contributed by atoms with Gasteiger partial charge in [0.15, 0.2) is 5.82 Å². The maximum atomic E-state index is 13.2. The molecular weight excluding hydrogens is 259 g/mol. The van der Waals surface area contributed by atoms with Gasteiger partial charge in [0.05, 0.1) is 5.52 Å². The van der Waals surface area contributed by atoms with Gasteiger partial charge >= 0.3 is 0 Å². The third kappa shape index (κ3) is 2.51. The Hall–Kier alpha value is -1.95. The Balaban J connectivity index is 1.72. The molecule has 0 saturated heterocycles. The number of aromatic nitrogens is 2. The van der Waals surface area contributed by atoms with Gasteiger partial charge in [-0.2, -0.15) is 5.10 Å². The number of fused-ring (bicyclic) bond motifs is 1. The molecule has 1 aliphatic carbocycles. The van der Waals surface area contributed by atoms with Crippen LogP contribution in [0.4, 0.5) is 10.2 Å². The molecular formula is C14H17FN4O. The number of rotatable bonds is 3. The van der Waals surface area contributed by atoms with Gasteiger partial charge in [0, 0.05) is 17.8 Å². The predicted molar refractivity (Wildman–Crippen MR) is 74.6 cm³/mol. The number of carbonyl (C=O) groups excluding carboxylic acids is 1. The Morgan fingerprint density at radius 2 is 2.35 bits per heavy atom. The summed E-state index contributed by atoms with van der Waals surface area (Å²) < 4.78 is 13.2. The van der Waals surface area contributed by atoms with Crippen LogP contribution in [0.1, 0.15) is 25.7 Å². The highest BCUT2D eigenvalue weighted by molar-refractivity contribution is 5.99. The fourth-order valence-corrected chi connectivity index (χ4v) is 2.82. The van der Waals surface area contributed by atoms with Crippen molar-refractivity contribution in [3.8, 4) is 0 Å². The second kappa shape index (κ2) is 5.20. The molecule has 20 heavy (non-hydrogen) atoms. The highest BCUT2D eigenvalue weighted by Gasteiger charge is 2.26. The summed E-state index contributed by atoms with van der Waals surface area (Å²) in [6, 6.07) is 4.41. The van der Waals surface area contributed by atoms with Crippen LogP contribution in [0.25, 0.3) is 10.9 Å². The largest absolute Gasteiger partial charge is 0.327 e. The smallest absolute Gasteiger partial charge is 0.225 e. The lowest BCUT2D eigenvalue weighted by Gasteiger charge is -2.14. The lowest BCUT2D eigenvalue weighted by molar-refractivity contribution is -0.117. The van der Waals surface area contributed by atoms with Crippen molar-refractivity contribution >= 4 is 22.6 Å². The van der Waals surface area contributed by atoms with E-state index in [0.29, 0.717) is 23.1 Å². The minimum Gasteiger partial charge on any atom is -0.327 e.